The molecule has 0 unspecified atom stereocenters. The van der Waals surface area contributed by atoms with Gasteiger partial charge < -0.3 is 15.2 Å². The topological polar surface area (TPSA) is 88.1 Å². The molecule has 0 spiro atoms. The quantitative estimate of drug-likeness (QED) is 0.803. The van der Waals surface area contributed by atoms with Gasteiger partial charge >= 0.3 is 0 Å². The molecule has 0 aliphatic heterocycles. The van der Waals surface area contributed by atoms with Gasteiger partial charge in [-0.1, -0.05) is 0 Å². The van der Waals surface area contributed by atoms with Crippen LogP contribution < -0.4 is 15.2 Å². The Hall–Kier alpha value is -2.15. The first kappa shape index (κ1) is 13.3. The van der Waals surface area contributed by atoms with Crippen LogP contribution in [0, 0.1) is 0 Å². The van der Waals surface area contributed by atoms with Crippen molar-refractivity contribution in [2.24, 2.45) is 5.73 Å². The molecular formula is C12H17N5O2. The summed E-state index contributed by atoms with van der Waals surface area (Å²) >= 11 is 0. The lowest BCUT2D eigenvalue weighted by Crippen LogP contribution is -2.07. The van der Waals surface area contributed by atoms with Gasteiger partial charge in [-0.3, -0.25) is 0 Å². The average Bonchev–Trinajstić information content (AvgIpc) is 2.86. The first-order valence-corrected chi connectivity index (χ1v) is 5.94. The summed E-state index contributed by atoms with van der Waals surface area (Å²) in [4.78, 5) is 1.52. The molecule has 1 aromatic carbocycles. The van der Waals surface area contributed by atoms with Crippen molar-refractivity contribution in [3.63, 3.8) is 0 Å². The molecule has 1 heterocycles. The number of ether oxygens (including phenoxy) is 2. The number of hydrogen-bond donors (Lipinski definition) is 1. The number of rotatable bonds is 6. The van der Waals surface area contributed by atoms with Crippen LogP contribution in [0.5, 0.6) is 11.5 Å². The van der Waals surface area contributed by atoms with Crippen LogP contribution in [-0.2, 0) is 13.0 Å². The minimum atomic E-state index is 0.470. The highest BCUT2D eigenvalue weighted by atomic mass is 16.5. The zero-order valence-electron chi connectivity index (χ0n) is 11.0. The molecule has 0 bridgehead atoms. The van der Waals surface area contributed by atoms with Gasteiger partial charge in [0.25, 0.3) is 0 Å². The van der Waals surface area contributed by atoms with Gasteiger partial charge in [-0.25, -0.2) is 0 Å². The fourth-order valence-corrected chi connectivity index (χ4v) is 1.73. The molecule has 1 aromatic heterocycles. The molecule has 0 saturated carbocycles. The van der Waals surface area contributed by atoms with Crippen molar-refractivity contribution < 1.29 is 9.47 Å². The van der Waals surface area contributed by atoms with Crippen molar-refractivity contribution in [3.05, 3.63) is 29.6 Å². The lowest BCUT2D eigenvalue weighted by Gasteiger charge is -2.09. The molecule has 7 heteroatoms. The number of benzene rings is 1. The number of methoxy groups -OCH3 is 2. The minimum Gasteiger partial charge on any atom is -0.497 e. The van der Waals surface area contributed by atoms with Crippen LogP contribution in [0.3, 0.4) is 0 Å². The second-order valence-corrected chi connectivity index (χ2v) is 3.95. The minimum absolute atomic E-state index is 0.470. The normalized spacial score (nSPS) is 10.5. The standard InChI is InChI=1S/C12H17N5O2/c1-18-10-3-4-11(19-2)9(7-10)8-17-15-12(5-6-13)14-16-17/h3-4,7H,5-6,8,13H2,1-2H3. The molecule has 0 aliphatic rings. The van der Waals surface area contributed by atoms with Gasteiger partial charge in [0.1, 0.15) is 11.5 Å². The highest BCUT2D eigenvalue weighted by molar-refractivity contribution is 5.40. The Balaban J connectivity index is 2.20. The molecule has 19 heavy (non-hydrogen) atoms. The zero-order chi connectivity index (χ0) is 13.7. The number of hydrogen-bond acceptors (Lipinski definition) is 6. The summed E-state index contributed by atoms with van der Waals surface area (Å²) in [5, 5.41) is 12.2. The third-order valence-electron chi connectivity index (χ3n) is 2.66. The van der Waals surface area contributed by atoms with Gasteiger partial charge in [-0.2, -0.15) is 4.80 Å². The molecule has 102 valence electrons. The van der Waals surface area contributed by atoms with Crippen molar-refractivity contribution in [2.45, 2.75) is 13.0 Å². The monoisotopic (exact) mass is 263 g/mol. The highest BCUT2D eigenvalue weighted by Crippen LogP contribution is 2.24. The second-order valence-electron chi connectivity index (χ2n) is 3.95. The highest BCUT2D eigenvalue weighted by Gasteiger charge is 2.08. The maximum Gasteiger partial charge on any atom is 0.176 e. The van der Waals surface area contributed by atoms with Crippen molar-refractivity contribution in [1.82, 2.24) is 20.2 Å². The van der Waals surface area contributed by atoms with E-state index in [1.807, 2.05) is 18.2 Å². The Labute approximate surface area is 111 Å². The first-order chi connectivity index (χ1) is 9.26. The molecule has 2 aromatic rings. The molecule has 2 rings (SSSR count). The van der Waals surface area contributed by atoms with E-state index in [4.69, 9.17) is 15.2 Å². The predicted octanol–water partition coefficient (Wildman–Crippen LogP) is 0.240. The number of nitrogens with two attached hydrogens (primary N) is 1. The summed E-state index contributed by atoms with van der Waals surface area (Å²) in [6, 6.07) is 5.59. The van der Waals surface area contributed by atoms with Crippen LogP contribution in [-0.4, -0.2) is 41.0 Å². The van der Waals surface area contributed by atoms with E-state index in [-0.39, 0.29) is 0 Å². The third kappa shape index (κ3) is 3.19. The molecule has 0 amide bonds. The van der Waals surface area contributed by atoms with Gasteiger partial charge in [0.2, 0.25) is 0 Å². The van der Waals surface area contributed by atoms with E-state index in [9.17, 15) is 0 Å². The largest absolute Gasteiger partial charge is 0.497 e. The number of tetrazole rings is 1. The summed E-state index contributed by atoms with van der Waals surface area (Å²) in [6.07, 6.45) is 0.620. The summed E-state index contributed by atoms with van der Waals surface area (Å²) < 4.78 is 10.5. The smallest absolute Gasteiger partial charge is 0.176 e. The lowest BCUT2D eigenvalue weighted by molar-refractivity contribution is 0.395. The van der Waals surface area contributed by atoms with Gasteiger partial charge in [0.05, 0.1) is 20.8 Å². The zero-order valence-corrected chi connectivity index (χ0v) is 11.0. The van der Waals surface area contributed by atoms with Crippen LogP contribution >= 0.6 is 0 Å². The van der Waals surface area contributed by atoms with E-state index < -0.39 is 0 Å². The number of nitrogens with zero attached hydrogens (tertiary/aromatic N) is 4. The Morgan fingerprint density at radius 3 is 2.79 bits per heavy atom. The van der Waals surface area contributed by atoms with Gasteiger partial charge in [-0.05, 0) is 30.0 Å². The SMILES string of the molecule is COc1ccc(OC)c(Cn2nnc(CCN)n2)c1. The van der Waals surface area contributed by atoms with E-state index >= 15 is 0 Å². The molecular weight excluding hydrogens is 246 g/mol. The molecule has 0 saturated heterocycles. The van der Waals surface area contributed by atoms with Crippen LogP contribution in [0.4, 0.5) is 0 Å². The summed E-state index contributed by atoms with van der Waals surface area (Å²) in [5.41, 5.74) is 6.38. The van der Waals surface area contributed by atoms with E-state index in [2.05, 4.69) is 15.4 Å². The maximum absolute atomic E-state index is 5.45. The Bertz CT molecular complexity index is 541. The van der Waals surface area contributed by atoms with Crippen LogP contribution in [0.1, 0.15) is 11.4 Å². The van der Waals surface area contributed by atoms with Crippen molar-refractivity contribution in [2.75, 3.05) is 20.8 Å². The maximum atomic E-state index is 5.45. The molecule has 0 radical (unpaired) electrons. The van der Waals surface area contributed by atoms with E-state index in [0.29, 0.717) is 25.3 Å². The lowest BCUT2D eigenvalue weighted by atomic mass is 10.2. The van der Waals surface area contributed by atoms with E-state index in [1.165, 1.54) is 4.80 Å². The Kier molecular flexibility index (Phi) is 4.30. The van der Waals surface area contributed by atoms with Gasteiger partial charge in [0, 0.05) is 12.0 Å². The third-order valence-corrected chi connectivity index (χ3v) is 2.66. The van der Waals surface area contributed by atoms with Crippen LogP contribution in [0.2, 0.25) is 0 Å². The van der Waals surface area contributed by atoms with E-state index in [1.54, 1.807) is 14.2 Å². The van der Waals surface area contributed by atoms with Crippen LogP contribution in [0.15, 0.2) is 18.2 Å². The molecule has 0 aliphatic carbocycles. The Morgan fingerprint density at radius 1 is 1.26 bits per heavy atom. The molecule has 7 nitrogen and oxygen atoms in total. The van der Waals surface area contributed by atoms with Gasteiger partial charge in [-0.15, -0.1) is 10.2 Å². The summed E-state index contributed by atoms with van der Waals surface area (Å²) in [6.45, 7) is 0.978. The van der Waals surface area contributed by atoms with Crippen LogP contribution in [0.25, 0.3) is 0 Å². The molecule has 0 fully saturated rings. The summed E-state index contributed by atoms with van der Waals surface area (Å²) in [5.74, 6) is 2.17. The van der Waals surface area contributed by atoms with Crippen molar-refractivity contribution in [3.8, 4) is 11.5 Å². The second kappa shape index (κ2) is 6.14. The molecule has 2 N–H and O–H groups in total. The summed E-state index contributed by atoms with van der Waals surface area (Å²) in [7, 11) is 3.25. The fourth-order valence-electron chi connectivity index (χ4n) is 1.73. The number of aromatic nitrogens is 4. The average molecular weight is 263 g/mol. The molecule has 0 atom stereocenters. The van der Waals surface area contributed by atoms with E-state index in [0.717, 1.165) is 17.1 Å². The first-order valence-electron chi connectivity index (χ1n) is 5.94. The van der Waals surface area contributed by atoms with Crippen molar-refractivity contribution in [1.29, 1.82) is 0 Å². The fraction of sp³-hybridized carbons (Fsp3) is 0.417. The Morgan fingerprint density at radius 2 is 2.11 bits per heavy atom. The van der Waals surface area contributed by atoms with Crippen molar-refractivity contribution >= 4 is 0 Å². The predicted molar refractivity (Wildman–Crippen MR) is 69.2 cm³/mol. The van der Waals surface area contributed by atoms with Gasteiger partial charge in [0.15, 0.2) is 5.82 Å².